The van der Waals surface area contributed by atoms with Gasteiger partial charge in [-0.15, -0.1) is 0 Å². The van der Waals surface area contributed by atoms with Crippen molar-refractivity contribution < 1.29 is 14.0 Å². The molecule has 0 N–H and O–H groups in total. The molecule has 4 nitrogen and oxygen atoms in total. The smallest absolute Gasteiger partial charge is 0.227 e. The lowest BCUT2D eigenvalue weighted by molar-refractivity contribution is -0.119. The summed E-state index contributed by atoms with van der Waals surface area (Å²) in [6.45, 7) is 3.74. The van der Waals surface area contributed by atoms with Gasteiger partial charge in [0.15, 0.2) is 5.78 Å². The van der Waals surface area contributed by atoms with Gasteiger partial charge in [0, 0.05) is 36.3 Å². The minimum atomic E-state index is -0.395. The zero-order chi connectivity index (χ0) is 23.4. The van der Waals surface area contributed by atoms with Crippen LogP contribution in [-0.2, 0) is 11.2 Å². The first kappa shape index (κ1) is 22.8. The summed E-state index contributed by atoms with van der Waals surface area (Å²) in [6.07, 6.45) is 6.14. The third-order valence-corrected chi connectivity index (χ3v) is 6.37. The molecule has 1 heterocycles. The molecule has 0 radical (unpaired) electrons. The molecule has 170 valence electrons. The first-order chi connectivity index (χ1) is 16.0. The molecule has 0 atom stereocenters. The fourth-order valence-corrected chi connectivity index (χ4v) is 4.13. The number of Topliss-reactive ketones (excluding diaryl/α,β-unsaturated/α-hetero) is 1. The summed E-state index contributed by atoms with van der Waals surface area (Å²) in [4.78, 5) is 30.9. The van der Waals surface area contributed by atoms with Crippen LogP contribution in [0.2, 0.25) is 0 Å². The fraction of sp³-hybridized carbons (Fsp3) is 0.321. The Labute approximate surface area is 194 Å². The Bertz CT molecular complexity index is 1140. The van der Waals surface area contributed by atoms with Crippen LogP contribution in [0, 0.1) is 12.7 Å². The number of ketones is 1. The highest BCUT2D eigenvalue weighted by Gasteiger charge is 2.30. The Hall–Kier alpha value is -3.34. The standard InChI is InChI=1S/C28H29FN2O2/c1-3-28(33)31(24-5-4-6-24)26-15-14-23(17-25(26)29)21-10-12-22(13-11-21)27(32)16-9-20-8-7-19(2)30-18-20/h7-8,10-15,17-18,24H,3-6,9,16H2,1-2H3. The van der Waals surface area contributed by atoms with E-state index in [1.165, 1.54) is 6.07 Å². The molecule has 5 heteroatoms. The molecule has 3 aromatic rings. The minimum absolute atomic E-state index is 0.0457. The Morgan fingerprint density at radius 2 is 1.76 bits per heavy atom. The minimum Gasteiger partial charge on any atom is -0.307 e. The zero-order valence-corrected chi connectivity index (χ0v) is 19.2. The predicted molar refractivity (Wildman–Crippen MR) is 129 cm³/mol. The third-order valence-electron chi connectivity index (χ3n) is 6.37. The Balaban J connectivity index is 1.46. The number of rotatable bonds is 8. The second kappa shape index (κ2) is 10.1. The third kappa shape index (κ3) is 5.19. The number of amides is 1. The maximum Gasteiger partial charge on any atom is 0.227 e. The molecule has 0 bridgehead atoms. The van der Waals surface area contributed by atoms with Crippen molar-refractivity contribution in [1.29, 1.82) is 0 Å². The van der Waals surface area contributed by atoms with Crippen molar-refractivity contribution >= 4 is 17.4 Å². The van der Waals surface area contributed by atoms with Gasteiger partial charge >= 0.3 is 0 Å². The molecule has 0 unspecified atom stereocenters. The maximum absolute atomic E-state index is 15.0. The topological polar surface area (TPSA) is 50.3 Å². The molecule has 1 saturated carbocycles. The van der Waals surface area contributed by atoms with E-state index in [0.29, 0.717) is 30.5 Å². The SMILES string of the molecule is CCC(=O)N(c1ccc(-c2ccc(C(=O)CCc3ccc(C)nc3)cc2)cc1F)C1CCC1. The summed E-state index contributed by atoms with van der Waals surface area (Å²) in [5, 5.41) is 0. The molecule has 1 aliphatic carbocycles. The number of anilines is 1. The highest BCUT2D eigenvalue weighted by Crippen LogP contribution is 2.34. The molecule has 0 saturated heterocycles. The van der Waals surface area contributed by atoms with Crippen LogP contribution >= 0.6 is 0 Å². The number of hydrogen-bond donors (Lipinski definition) is 0. The summed E-state index contributed by atoms with van der Waals surface area (Å²) in [6, 6.07) is 16.3. The summed E-state index contributed by atoms with van der Waals surface area (Å²) in [7, 11) is 0. The molecule has 2 aromatic carbocycles. The average Bonchev–Trinajstić information content (AvgIpc) is 2.80. The lowest BCUT2D eigenvalue weighted by atomic mass is 9.90. The van der Waals surface area contributed by atoms with Crippen LogP contribution in [0.25, 0.3) is 11.1 Å². The van der Waals surface area contributed by atoms with Crippen molar-refractivity contribution in [3.8, 4) is 11.1 Å². The van der Waals surface area contributed by atoms with E-state index in [1.807, 2.05) is 43.5 Å². The lowest BCUT2D eigenvalue weighted by Crippen LogP contribution is -2.44. The molecule has 4 rings (SSSR count). The van der Waals surface area contributed by atoms with E-state index in [2.05, 4.69) is 4.98 Å². The Morgan fingerprint density at radius 1 is 1.03 bits per heavy atom. The van der Waals surface area contributed by atoms with Gasteiger partial charge < -0.3 is 4.90 Å². The van der Waals surface area contributed by atoms with Crippen LogP contribution in [0.4, 0.5) is 10.1 Å². The van der Waals surface area contributed by atoms with Crippen molar-refractivity contribution in [3.05, 3.63) is 83.4 Å². The average molecular weight is 445 g/mol. The lowest BCUT2D eigenvalue weighted by Gasteiger charge is -2.37. The van der Waals surface area contributed by atoms with Crippen LogP contribution in [0.3, 0.4) is 0 Å². The number of aromatic nitrogens is 1. The molecule has 33 heavy (non-hydrogen) atoms. The van der Waals surface area contributed by atoms with E-state index in [0.717, 1.165) is 41.6 Å². The largest absolute Gasteiger partial charge is 0.307 e. The number of hydrogen-bond acceptors (Lipinski definition) is 3. The summed E-state index contributed by atoms with van der Waals surface area (Å²) >= 11 is 0. The number of aryl methyl sites for hydroxylation is 2. The van der Waals surface area contributed by atoms with Crippen LogP contribution in [0.1, 0.15) is 60.6 Å². The van der Waals surface area contributed by atoms with E-state index in [-0.39, 0.29) is 17.7 Å². The fourth-order valence-electron chi connectivity index (χ4n) is 4.13. The van der Waals surface area contributed by atoms with E-state index in [9.17, 15) is 9.59 Å². The summed E-state index contributed by atoms with van der Waals surface area (Å²) in [5.41, 5.74) is 4.54. The van der Waals surface area contributed by atoms with Crippen LogP contribution in [0.15, 0.2) is 60.8 Å². The van der Waals surface area contributed by atoms with Gasteiger partial charge in [-0.1, -0.05) is 43.3 Å². The Kier molecular flexibility index (Phi) is 6.97. The van der Waals surface area contributed by atoms with Gasteiger partial charge in [0.1, 0.15) is 5.82 Å². The number of carbonyl (C=O) groups excluding carboxylic acids is 2. The number of halogens is 1. The van der Waals surface area contributed by atoms with Crippen molar-refractivity contribution in [1.82, 2.24) is 4.98 Å². The second-order valence-corrected chi connectivity index (χ2v) is 8.68. The van der Waals surface area contributed by atoms with Crippen molar-refractivity contribution in [2.75, 3.05) is 4.90 Å². The molecule has 1 aliphatic rings. The molecule has 1 amide bonds. The van der Waals surface area contributed by atoms with Crippen LogP contribution in [0.5, 0.6) is 0 Å². The molecule has 0 aliphatic heterocycles. The van der Waals surface area contributed by atoms with Crippen molar-refractivity contribution in [2.45, 2.75) is 58.4 Å². The van der Waals surface area contributed by atoms with Gasteiger partial charge in [0.2, 0.25) is 5.91 Å². The van der Waals surface area contributed by atoms with Gasteiger partial charge in [-0.2, -0.15) is 0 Å². The quantitative estimate of drug-likeness (QED) is 0.383. The predicted octanol–water partition coefficient (Wildman–Crippen LogP) is 6.31. The number of carbonyl (C=O) groups is 2. The Morgan fingerprint density at radius 3 is 2.33 bits per heavy atom. The monoisotopic (exact) mass is 444 g/mol. The van der Waals surface area contributed by atoms with Gasteiger partial charge in [-0.25, -0.2) is 4.39 Å². The van der Waals surface area contributed by atoms with Crippen molar-refractivity contribution in [2.24, 2.45) is 0 Å². The first-order valence-corrected chi connectivity index (χ1v) is 11.6. The highest BCUT2D eigenvalue weighted by atomic mass is 19.1. The van der Waals surface area contributed by atoms with Crippen molar-refractivity contribution in [3.63, 3.8) is 0 Å². The second-order valence-electron chi connectivity index (χ2n) is 8.68. The molecule has 0 spiro atoms. The molecule has 1 aromatic heterocycles. The number of nitrogens with zero attached hydrogens (tertiary/aromatic N) is 2. The first-order valence-electron chi connectivity index (χ1n) is 11.6. The van der Waals surface area contributed by atoms with Gasteiger partial charge in [0.25, 0.3) is 0 Å². The normalized spacial score (nSPS) is 13.4. The summed E-state index contributed by atoms with van der Waals surface area (Å²) in [5.74, 6) is -0.374. The van der Waals surface area contributed by atoms with E-state index >= 15 is 4.39 Å². The molecular formula is C28H29FN2O2. The number of benzene rings is 2. The van der Waals surface area contributed by atoms with Gasteiger partial charge in [-0.3, -0.25) is 14.6 Å². The van der Waals surface area contributed by atoms with E-state index < -0.39 is 5.82 Å². The maximum atomic E-state index is 15.0. The molecular weight excluding hydrogens is 415 g/mol. The number of pyridine rings is 1. The zero-order valence-electron chi connectivity index (χ0n) is 19.2. The van der Waals surface area contributed by atoms with E-state index in [1.54, 1.807) is 30.0 Å². The van der Waals surface area contributed by atoms with Crippen LogP contribution in [-0.4, -0.2) is 22.7 Å². The highest BCUT2D eigenvalue weighted by molar-refractivity contribution is 5.97. The van der Waals surface area contributed by atoms with Crippen LogP contribution < -0.4 is 4.90 Å². The van der Waals surface area contributed by atoms with E-state index in [4.69, 9.17) is 0 Å². The van der Waals surface area contributed by atoms with Gasteiger partial charge in [0.05, 0.1) is 5.69 Å². The summed E-state index contributed by atoms with van der Waals surface area (Å²) < 4.78 is 15.0. The van der Waals surface area contributed by atoms with Gasteiger partial charge in [-0.05, 0) is 67.5 Å². The molecule has 1 fully saturated rings.